The summed E-state index contributed by atoms with van der Waals surface area (Å²) in [6.45, 7) is 12.7. The Hall–Kier alpha value is -0.850. The lowest BCUT2D eigenvalue weighted by Crippen LogP contribution is -2.14. The highest BCUT2D eigenvalue weighted by atomic mass is 14.7. The third-order valence-corrected chi connectivity index (χ3v) is 1.72. The van der Waals surface area contributed by atoms with Gasteiger partial charge in [0.1, 0.15) is 0 Å². The number of hydrogen-bond donors (Lipinski definition) is 0. The predicted octanol–water partition coefficient (Wildman–Crippen LogP) is 3.71. The van der Waals surface area contributed by atoms with Crippen LogP contribution in [0.4, 0.5) is 0 Å². The zero-order valence-electron chi connectivity index (χ0n) is 9.68. The van der Waals surface area contributed by atoms with Crippen LogP contribution in [0.5, 0.6) is 0 Å². The molecular weight excluding hydrogens is 158 g/mol. The molecule has 0 atom stereocenters. The van der Waals surface area contributed by atoms with Gasteiger partial charge in [0, 0.05) is 17.3 Å². The molecule has 0 bridgehead atoms. The Kier molecular flexibility index (Phi) is 4.68. The second-order valence-corrected chi connectivity index (χ2v) is 3.92. The first-order valence-corrected chi connectivity index (χ1v) is 4.94. The van der Waals surface area contributed by atoms with Gasteiger partial charge in [-0.3, -0.25) is 4.98 Å². The van der Waals surface area contributed by atoms with Crippen LogP contribution in [-0.4, -0.2) is 4.98 Å². The van der Waals surface area contributed by atoms with E-state index in [9.17, 15) is 0 Å². The van der Waals surface area contributed by atoms with Gasteiger partial charge in [0.15, 0.2) is 0 Å². The van der Waals surface area contributed by atoms with E-state index in [2.05, 4.69) is 38.7 Å². The smallest absolute Gasteiger partial charge is 0.0486 e. The van der Waals surface area contributed by atoms with Crippen LogP contribution in [0.25, 0.3) is 0 Å². The van der Waals surface area contributed by atoms with Crippen molar-refractivity contribution in [3.63, 3.8) is 0 Å². The number of aryl methyl sites for hydroxylation is 1. The summed E-state index contributed by atoms with van der Waals surface area (Å²) < 4.78 is 0. The fourth-order valence-electron chi connectivity index (χ4n) is 1.27. The molecule has 1 aromatic heterocycles. The molecule has 0 aliphatic carbocycles. The van der Waals surface area contributed by atoms with E-state index in [1.165, 1.54) is 11.3 Å². The number of nitrogens with zero attached hydrogens (tertiary/aromatic N) is 1. The minimum absolute atomic E-state index is 0.172. The molecule has 0 aromatic carbocycles. The van der Waals surface area contributed by atoms with Gasteiger partial charge in [-0.05, 0) is 18.6 Å². The quantitative estimate of drug-likeness (QED) is 0.591. The van der Waals surface area contributed by atoms with E-state index in [1.807, 2.05) is 26.1 Å². The van der Waals surface area contributed by atoms with Crippen LogP contribution >= 0.6 is 0 Å². The summed E-state index contributed by atoms with van der Waals surface area (Å²) >= 11 is 0. The molecule has 0 fully saturated rings. The van der Waals surface area contributed by atoms with E-state index < -0.39 is 0 Å². The first-order valence-electron chi connectivity index (χ1n) is 4.94. The third kappa shape index (κ3) is 3.58. The summed E-state index contributed by atoms with van der Waals surface area (Å²) in [5.74, 6) is 0. The largest absolute Gasteiger partial charge is 0.260 e. The number of aromatic nitrogens is 1. The van der Waals surface area contributed by atoms with Gasteiger partial charge in [-0.2, -0.15) is 0 Å². The number of hydrogen-bond acceptors (Lipinski definition) is 1. The van der Waals surface area contributed by atoms with Gasteiger partial charge in [0.25, 0.3) is 0 Å². The average molecular weight is 179 g/mol. The van der Waals surface area contributed by atoms with Crippen LogP contribution in [0, 0.1) is 6.92 Å². The molecule has 0 spiro atoms. The normalized spacial score (nSPS) is 10.3. The summed E-state index contributed by atoms with van der Waals surface area (Å²) in [6, 6.07) is 4.08. The minimum atomic E-state index is 0.172. The summed E-state index contributed by atoms with van der Waals surface area (Å²) in [7, 11) is 0. The molecule has 0 saturated carbocycles. The lowest BCUT2D eigenvalue weighted by Gasteiger charge is -2.19. The summed E-state index contributed by atoms with van der Waals surface area (Å²) in [5, 5.41) is 0. The van der Waals surface area contributed by atoms with Gasteiger partial charge < -0.3 is 0 Å². The van der Waals surface area contributed by atoms with Crippen LogP contribution in [0.2, 0.25) is 0 Å². The maximum Gasteiger partial charge on any atom is 0.0486 e. The fourth-order valence-corrected chi connectivity index (χ4v) is 1.27. The van der Waals surface area contributed by atoms with Crippen molar-refractivity contribution in [2.75, 3.05) is 0 Å². The Morgan fingerprint density at radius 1 is 1.15 bits per heavy atom. The van der Waals surface area contributed by atoms with Crippen LogP contribution in [0.15, 0.2) is 18.3 Å². The van der Waals surface area contributed by atoms with E-state index in [0.717, 1.165) is 0 Å². The molecule has 1 aromatic rings. The molecule has 1 heteroatoms. The first kappa shape index (κ1) is 12.2. The van der Waals surface area contributed by atoms with E-state index in [1.54, 1.807) is 0 Å². The molecule has 1 nitrogen and oxygen atoms in total. The standard InChI is InChI=1S/C10H15N.C2H6/c1-8-6-5-7-11-9(8)10(2,3)4;1-2/h5-7H,1-4H3;1-2H3. The van der Waals surface area contributed by atoms with E-state index >= 15 is 0 Å². The molecule has 0 aliphatic rings. The highest BCUT2D eigenvalue weighted by molar-refractivity contribution is 5.23. The molecule has 0 unspecified atom stereocenters. The van der Waals surface area contributed by atoms with Crippen LogP contribution in [-0.2, 0) is 5.41 Å². The third-order valence-electron chi connectivity index (χ3n) is 1.72. The number of pyridine rings is 1. The van der Waals surface area contributed by atoms with Crippen molar-refractivity contribution in [1.29, 1.82) is 0 Å². The Labute approximate surface area is 82.2 Å². The van der Waals surface area contributed by atoms with Gasteiger partial charge in [-0.15, -0.1) is 0 Å². The van der Waals surface area contributed by atoms with E-state index in [-0.39, 0.29) is 5.41 Å². The summed E-state index contributed by atoms with van der Waals surface area (Å²) in [4.78, 5) is 4.35. The van der Waals surface area contributed by atoms with Crippen molar-refractivity contribution in [3.05, 3.63) is 29.6 Å². The fraction of sp³-hybridized carbons (Fsp3) is 0.583. The Morgan fingerprint density at radius 2 is 1.69 bits per heavy atom. The SMILES string of the molecule is CC.Cc1cccnc1C(C)(C)C. The highest BCUT2D eigenvalue weighted by Crippen LogP contribution is 2.22. The van der Waals surface area contributed by atoms with Gasteiger partial charge in [0.05, 0.1) is 0 Å². The molecule has 0 saturated heterocycles. The molecule has 74 valence electrons. The number of rotatable bonds is 0. The van der Waals surface area contributed by atoms with Crippen LogP contribution < -0.4 is 0 Å². The van der Waals surface area contributed by atoms with Crippen LogP contribution in [0.3, 0.4) is 0 Å². The van der Waals surface area contributed by atoms with Crippen molar-refractivity contribution >= 4 is 0 Å². The lowest BCUT2D eigenvalue weighted by atomic mass is 9.89. The molecule has 0 aliphatic heterocycles. The topological polar surface area (TPSA) is 12.9 Å². The maximum atomic E-state index is 4.35. The molecule has 0 radical (unpaired) electrons. The van der Waals surface area contributed by atoms with Gasteiger partial charge in [-0.25, -0.2) is 0 Å². The first-order chi connectivity index (χ1) is 6.02. The van der Waals surface area contributed by atoms with Crippen molar-refractivity contribution in [1.82, 2.24) is 4.98 Å². The van der Waals surface area contributed by atoms with E-state index in [0.29, 0.717) is 0 Å². The molecule has 0 N–H and O–H groups in total. The van der Waals surface area contributed by atoms with Crippen molar-refractivity contribution in [2.45, 2.75) is 47.0 Å². The van der Waals surface area contributed by atoms with Crippen molar-refractivity contribution in [2.24, 2.45) is 0 Å². The average Bonchev–Trinajstić information content (AvgIpc) is 2.07. The highest BCUT2D eigenvalue weighted by Gasteiger charge is 2.16. The maximum absolute atomic E-state index is 4.35. The van der Waals surface area contributed by atoms with Crippen molar-refractivity contribution < 1.29 is 0 Å². The monoisotopic (exact) mass is 179 g/mol. The lowest BCUT2D eigenvalue weighted by molar-refractivity contribution is 0.564. The predicted molar refractivity (Wildman–Crippen MR) is 59.0 cm³/mol. The summed E-state index contributed by atoms with van der Waals surface area (Å²) in [6.07, 6.45) is 1.85. The van der Waals surface area contributed by atoms with Gasteiger partial charge in [0.2, 0.25) is 0 Å². The second-order valence-electron chi connectivity index (χ2n) is 3.92. The van der Waals surface area contributed by atoms with Gasteiger partial charge in [-0.1, -0.05) is 40.7 Å². The molecule has 13 heavy (non-hydrogen) atoms. The van der Waals surface area contributed by atoms with Gasteiger partial charge >= 0.3 is 0 Å². The molecular formula is C12H21N. The Morgan fingerprint density at radius 3 is 2.00 bits per heavy atom. The molecule has 1 rings (SSSR count). The Bertz CT molecular complexity index is 246. The minimum Gasteiger partial charge on any atom is -0.260 e. The molecule has 0 amide bonds. The van der Waals surface area contributed by atoms with Crippen molar-refractivity contribution in [3.8, 4) is 0 Å². The molecule has 1 heterocycles. The zero-order chi connectivity index (χ0) is 10.5. The summed E-state index contributed by atoms with van der Waals surface area (Å²) in [5.41, 5.74) is 2.64. The second kappa shape index (κ2) is 5.00. The Balaban J connectivity index is 0.000000671. The zero-order valence-corrected chi connectivity index (χ0v) is 9.68. The van der Waals surface area contributed by atoms with Crippen LogP contribution in [0.1, 0.15) is 45.9 Å². The van der Waals surface area contributed by atoms with E-state index in [4.69, 9.17) is 0 Å².